The number of benzene rings is 1. The zero-order valence-corrected chi connectivity index (χ0v) is 12.3. The first-order valence-corrected chi connectivity index (χ1v) is 7.47. The van der Waals surface area contributed by atoms with Crippen LogP contribution in [0.15, 0.2) is 18.2 Å². The van der Waals surface area contributed by atoms with Gasteiger partial charge >= 0.3 is 0 Å². The standard InChI is InChI=1S/C15H23ClN2O/c1-2-17-10-13-9-14(16)3-4-15(13)18-7-5-12(11-19)6-8-18/h3-4,9,12,17,19H,2,5-8,10-11H2,1H3. The van der Waals surface area contributed by atoms with E-state index in [1.165, 1.54) is 11.3 Å². The van der Waals surface area contributed by atoms with Crippen LogP contribution >= 0.6 is 11.6 Å². The SMILES string of the molecule is CCNCc1cc(Cl)ccc1N1CCC(CO)CC1. The summed E-state index contributed by atoms with van der Waals surface area (Å²) < 4.78 is 0. The van der Waals surface area contributed by atoms with E-state index in [4.69, 9.17) is 11.6 Å². The van der Waals surface area contributed by atoms with Gasteiger partial charge in [0, 0.05) is 37.0 Å². The van der Waals surface area contributed by atoms with Crippen molar-refractivity contribution in [1.82, 2.24) is 5.32 Å². The van der Waals surface area contributed by atoms with Crippen molar-refractivity contribution in [3.63, 3.8) is 0 Å². The van der Waals surface area contributed by atoms with Gasteiger partial charge in [-0.1, -0.05) is 18.5 Å². The summed E-state index contributed by atoms with van der Waals surface area (Å²) in [5.74, 6) is 0.473. The molecule has 0 aromatic heterocycles. The molecule has 1 fully saturated rings. The van der Waals surface area contributed by atoms with Crippen molar-refractivity contribution < 1.29 is 5.11 Å². The lowest BCUT2D eigenvalue weighted by molar-refractivity contribution is 0.203. The molecular weight excluding hydrogens is 260 g/mol. The van der Waals surface area contributed by atoms with Crippen LogP contribution in [-0.4, -0.2) is 31.3 Å². The Kier molecular flexibility index (Phi) is 5.49. The Bertz CT molecular complexity index is 403. The largest absolute Gasteiger partial charge is 0.396 e. The van der Waals surface area contributed by atoms with Crippen LogP contribution < -0.4 is 10.2 Å². The fourth-order valence-corrected chi connectivity index (χ4v) is 2.81. The van der Waals surface area contributed by atoms with Crippen LogP contribution in [0.4, 0.5) is 5.69 Å². The summed E-state index contributed by atoms with van der Waals surface area (Å²) in [6, 6.07) is 6.14. The molecule has 3 nitrogen and oxygen atoms in total. The number of rotatable bonds is 5. The Morgan fingerprint density at radius 3 is 2.74 bits per heavy atom. The molecule has 0 spiro atoms. The summed E-state index contributed by atoms with van der Waals surface area (Å²) >= 11 is 6.10. The second-order valence-corrected chi connectivity index (χ2v) is 5.60. The minimum atomic E-state index is 0.318. The maximum atomic E-state index is 9.21. The van der Waals surface area contributed by atoms with E-state index >= 15 is 0 Å². The molecule has 2 rings (SSSR count). The van der Waals surface area contributed by atoms with Crippen molar-refractivity contribution >= 4 is 17.3 Å². The van der Waals surface area contributed by atoms with Crippen LogP contribution in [0, 0.1) is 5.92 Å². The topological polar surface area (TPSA) is 35.5 Å². The lowest BCUT2D eigenvalue weighted by Gasteiger charge is -2.34. The number of hydrogen-bond donors (Lipinski definition) is 2. The van der Waals surface area contributed by atoms with Crippen molar-refractivity contribution in [3.8, 4) is 0 Å². The first-order valence-electron chi connectivity index (χ1n) is 7.09. The quantitative estimate of drug-likeness (QED) is 0.872. The average Bonchev–Trinajstić information content (AvgIpc) is 2.45. The van der Waals surface area contributed by atoms with E-state index in [1.54, 1.807) is 0 Å². The smallest absolute Gasteiger partial charge is 0.0460 e. The molecule has 0 bridgehead atoms. The highest BCUT2D eigenvalue weighted by Gasteiger charge is 2.20. The number of nitrogens with zero attached hydrogens (tertiary/aromatic N) is 1. The molecule has 19 heavy (non-hydrogen) atoms. The summed E-state index contributed by atoms with van der Waals surface area (Å²) in [6.45, 7) is 6.28. The molecule has 1 aromatic carbocycles. The predicted octanol–water partition coefficient (Wildman–Crippen LogP) is 2.66. The Morgan fingerprint density at radius 1 is 1.37 bits per heavy atom. The number of nitrogens with one attached hydrogen (secondary N) is 1. The minimum absolute atomic E-state index is 0.318. The molecule has 0 atom stereocenters. The van der Waals surface area contributed by atoms with E-state index < -0.39 is 0 Å². The number of hydrogen-bond acceptors (Lipinski definition) is 3. The van der Waals surface area contributed by atoms with Gasteiger partial charge in [-0.05, 0) is 49.1 Å². The molecule has 106 valence electrons. The molecule has 0 amide bonds. The Balaban J connectivity index is 2.10. The third-order valence-electron chi connectivity index (χ3n) is 3.82. The van der Waals surface area contributed by atoms with Gasteiger partial charge in [0.2, 0.25) is 0 Å². The highest BCUT2D eigenvalue weighted by Crippen LogP contribution is 2.28. The first kappa shape index (κ1) is 14.6. The molecule has 0 saturated carbocycles. The van der Waals surface area contributed by atoms with Gasteiger partial charge in [0.05, 0.1) is 0 Å². The van der Waals surface area contributed by atoms with Gasteiger partial charge in [0.25, 0.3) is 0 Å². The molecule has 0 aliphatic carbocycles. The van der Waals surface area contributed by atoms with Gasteiger partial charge in [0.1, 0.15) is 0 Å². The average molecular weight is 283 g/mol. The Hall–Kier alpha value is -0.770. The number of piperidine rings is 1. The molecule has 4 heteroatoms. The van der Waals surface area contributed by atoms with Crippen LogP contribution in [0.5, 0.6) is 0 Å². The second kappa shape index (κ2) is 7.13. The van der Waals surface area contributed by atoms with E-state index in [1.807, 2.05) is 6.07 Å². The van der Waals surface area contributed by atoms with Gasteiger partial charge in [-0.15, -0.1) is 0 Å². The maximum absolute atomic E-state index is 9.21. The summed E-state index contributed by atoms with van der Waals surface area (Å²) in [7, 11) is 0. The van der Waals surface area contributed by atoms with E-state index in [0.29, 0.717) is 12.5 Å². The van der Waals surface area contributed by atoms with Crippen molar-refractivity contribution in [2.24, 2.45) is 5.92 Å². The molecule has 1 heterocycles. The summed E-state index contributed by atoms with van der Waals surface area (Å²) in [4.78, 5) is 2.41. The van der Waals surface area contributed by atoms with Gasteiger partial charge in [-0.2, -0.15) is 0 Å². The molecular formula is C15H23ClN2O. The van der Waals surface area contributed by atoms with E-state index in [0.717, 1.165) is 44.0 Å². The van der Waals surface area contributed by atoms with E-state index in [9.17, 15) is 5.11 Å². The zero-order chi connectivity index (χ0) is 13.7. The van der Waals surface area contributed by atoms with Crippen LogP contribution in [0.2, 0.25) is 5.02 Å². The molecule has 1 aromatic rings. The minimum Gasteiger partial charge on any atom is -0.396 e. The lowest BCUT2D eigenvalue weighted by Crippen LogP contribution is -2.35. The Morgan fingerprint density at radius 2 is 2.11 bits per heavy atom. The summed E-state index contributed by atoms with van der Waals surface area (Å²) in [6.07, 6.45) is 2.14. The molecule has 0 unspecified atom stereocenters. The lowest BCUT2D eigenvalue weighted by atomic mass is 9.97. The van der Waals surface area contributed by atoms with Crippen LogP contribution in [-0.2, 0) is 6.54 Å². The number of aliphatic hydroxyl groups excluding tert-OH is 1. The van der Waals surface area contributed by atoms with Crippen LogP contribution in [0.1, 0.15) is 25.3 Å². The first-order chi connectivity index (χ1) is 9.24. The molecule has 0 radical (unpaired) electrons. The number of anilines is 1. The zero-order valence-electron chi connectivity index (χ0n) is 11.5. The second-order valence-electron chi connectivity index (χ2n) is 5.17. The normalized spacial score (nSPS) is 16.9. The highest BCUT2D eigenvalue weighted by atomic mass is 35.5. The third kappa shape index (κ3) is 3.85. The summed E-state index contributed by atoms with van der Waals surface area (Å²) in [5.41, 5.74) is 2.54. The van der Waals surface area contributed by atoms with Gasteiger partial charge in [-0.3, -0.25) is 0 Å². The van der Waals surface area contributed by atoms with Crippen LogP contribution in [0.3, 0.4) is 0 Å². The number of halogens is 1. The predicted molar refractivity (Wildman–Crippen MR) is 80.9 cm³/mol. The fraction of sp³-hybridized carbons (Fsp3) is 0.600. The fourth-order valence-electron chi connectivity index (χ4n) is 2.62. The molecule has 1 aliphatic rings. The molecule has 1 saturated heterocycles. The van der Waals surface area contributed by atoms with Crippen molar-refractivity contribution in [2.45, 2.75) is 26.3 Å². The molecule has 1 aliphatic heterocycles. The van der Waals surface area contributed by atoms with Crippen molar-refractivity contribution in [3.05, 3.63) is 28.8 Å². The number of aliphatic hydroxyl groups is 1. The van der Waals surface area contributed by atoms with E-state index in [2.05, 4.69) is 29.3 Å². The van der Waals surface area contributed by atoms with E-state index in [-0.39, 0.29) is 0 Å². The maximum Gasteiger partial charge on any atom is 0.0460 e. The van der Waals surface area contributed by atoms with Gasteiger partial charge in [-0.25, -0.2) is 0 Å². The molecule has 2 N–H and O–H groups in total. The summed E-state index contributed by atoms with van der Waals surface area (Å²) in [5, 5.41) is 13.4. The Labute approximate surface area is 120 Å². The van der Waals surface area contributed by atoms with Crippen molar-refractivity contribution in [2.75, 3.05) is 31.1 Å². The highest BCUT2D eigenvalue weighted by molar-refractivity contribution is 6.30. The van der Waals surface area contributed by atoms with Crippen molar-refractivity contribution in [1.29, 1.82) is 0 Å². The van der Waals surface area contributed by atoms with Crippen LogP contribution in [0.25, 0.3) is 0 Å². The third-order valence-corrected chi connectivity index (χ3v) is 4.06. The van der Waals surface area contributed by atoms with Gasteiger partial charge in [0.15, 0.2) is 0 Å². The van der Waals surface area contributed by atoms with Gasteiger partial charge < -0.3 is 15.3 Å². The monoisotopic (exact) mass is 282 g/mol.